The van der Waals surface area contributed by atoms with Gasteiger partial charge in [0, 0.05) is 18.3 Å². The van der Waals surface area contributed by atoms with Crippen molar-refractivity contribution < 1.29 is 5.11 Å². The second kappa shape index (κ2) is 4.76. The van der Waals surface area contributed by atoms with Crippen molar-refractivity contribution in [2.45, 2.75) is 12.5 Å². The summed E-state index contributed by atoms with van der Waals surface area (Å²) < 4.78 is 0. The molecular formula is C14H17N3O. The van der Waals surface area contributed by atoms with E-state index in [2.05, 4.69) is 4.98 Å². The van der Waals surface area contributed by atoms with Gasteiger partial charge in [-0.1, -0.05) is 30.3 Å². The van der Waals surface area contributed by atoms with Crippen LogP contribution < -0.4 is 11.5 Å². The summed E-state index contributed by atoms with van der Waals surface area (Å²) in [6.07, 6.45) is 1.67. The second-order valence-corrected chi connectivity index (χ2v) is 4.38. The van der Waals surface area contributed by atoms with Crippen LogP contribution in [0.5, 0.6) is 0 Å². The molecule has 1 heterocycles. The van der Waals surface area contributed by atoms with Gasteiger partial charge in [0.15, 0.2) is 0 Å². The SMILES string of the molecule is Cc1cnc(N)c(C(O)(CN)c2ccccc2)c1. The third-order valence-corrected chi connectivity index (χ3v) is 3.05. The van der Waals surface area contributed by atoms with E-state index in [0.717, 1.165) is 5.56 Å². The molecule has 1 aromatic carbocycles. The molecule has 18 heavy (non-hydrogen) atoms. The molecule has 0 bridgehead atoms. The minimum absolute atomic E-state index is 0.0480. The van der Waals surface area contributed by atoms with Crippen LogP contribution in [0, 0.1) is 6.92 Å². The number of nitrogens with two attached hydrogens (primary N) is 2. The summed E-state index contributed by atoms with van der Waals surface area (Å²) in [7, 11) is 0. The van der Waals surface area contributed by atoms with Gasteiger partial charge in [-0.25, -0.2) is 4.98 Å². The normalized spacial score (nSPS) is 14.2. The highest BCUT2D eigenvalue weighted by Gasteiger charge is 2.32. The Morgan fingerprint density at radius 1 is 1.28 bits per heavy atom. The molecule has 0 saturated heterocycles. The minimum atomic E-state index is -1.30. The van der Waals surface area contributed by atoms with Crippen LogP contribution in [0.4, 0.5) is 5.82 Å². The van der Waals surface area contributed by atoms with Crippen molar-refractivity contribution in [3.63, 3.8) is 0 Å². The highest BCUT2D eigenvalue weighted by molar-refractivity contribution is 5.50. The van der Waals surface area contributed by atoms with Gasteiger partial charge in [0.2, 0.25) is 0 Å². The molecule has 1 aromatic heterocycles. The number of anilines is 1. The molecule has 0 radical (unpaired) electrons. The molecule has 4 nitrogen and oxygen atoms in total. The predicted molar refractivity (Wildman–Crippen MR) is 71.9 cm³/mol. The smallest absolute Gasteiger partial charge is 0.130 e. The molecule has 0 fully saturated rings. The van der Waals surface area contributed by atoms with E-state index in [4.69, 9.17) is 11.5 Å². The molecule has 0 amide bonds. The molecule has 0 aliphatic carbocycles. The standard InChI is InChI=1S/C14H17N3O/c1-10-7-12(13(16)17-8-10)14(18,9-15)11-5-3-2-4-6-11/h2-8,18H,9,15H2,1H3,(H2,16,17). The molecule has 2 rings (SSSR count). The van der Waals surface area contributed by atoms with Gasteiger partial charge in [0.1, 0.15) is 11.4 Å². The van der Waals surface area contributed by atoms with E-state index in [1.165, 1.54) is 0 Å². The van der Waals surface area contributed by atoms with Crippen LogP contribution in [-0.4, -0.2) is 16.6 Å². The number of hydrogen-bond donors (Lipinski definition) is 3. The first kappa shape index (κ1) is 12.5. The maximum Gasteiger partial charge on any atom is 0.130 e. The van der Waals surface area contributed by atoms with Crippen LogP contribution in [-0.2, 0) is 5.60 Å². The van der Waals surface area contributed by atoms with Crippen LogP contribution in [0.2, 0.25) is 0 Å². The second-order valence-electron chi connectivity index (χ2n) is 4.38. The Kier molecular flexibility index (Phi) is 3.32. The Labute approximate surface area is 106 Å². The number of hydrogen-bond acceptors (Lipinski definition) is 4. The summed E-state index contributed by atoms with van der Waals surface area (Å²) in [5.74, 6) is 0.303. The summed E-state index contributed by atoms with van der Waals surface area (Å²) in [5, 5.41) is 10.8. The highest BCUT2D eigenvalue weighted by Crippen LogP contribution is 2.31. The maximum atomic E-state index is 10.8. The predicted octanol–water partition coefficient (Wildman–Crippen LogP) is 1.17. The lowest BCUT2D eigenvalue weighted by Crippen LogP contribution is -2.37. The van der Waals surface area contributed by atoms with Crippen LogP contribution >= 0.6 is 0 Å². The fraction of sp³-hybridized carbons (Fsp3) is 0.214. The third kappa shape index (κ3) is 2.08. The number of nitrogens with zero attached hydrogens (tertiary/aromatic N) is 1. The Hall–Kier alpha value is -1.91. The van der Waals surface area contributed by atoms with Crippen molar-refractivity contribution in [1.29, 1.82) is 0 Å². The zero-order valence-electron chi connectivity index (χ0n) is 10.3. The summed E-state index contributed by atoms with van der Waals surface area (Å²) in [6.45, 7) is 1.95. The topological polar surface area (TPSA) is 85.2 Å². The maximum absolute atomic E-state index is 10.8. The van der Waals surface area contributed by atoms with Crippen molar-refractivity contribution >= 4 is 5.82 Å². The van der Waals surface area contributed by atoms with Gasteiger partial charge in [-0.05, 0) is 24.1 Å². The lowest BCUT2D eigenvalue weighted by Gasteiger charge is -2.28. The molecule has 0 aliphatic heterocycles. The van der Waals surface area contributed by atoms with Gasteiger partial charge in [-0.2, -0.15) is 0 Å². The molecular weight excluding hydrogens is 226 g/mol. The zero-order valence-corrected chi connectivity index (χ0v) is 10.3. The molecule has 0 aliphatic rings. The van der Waals surface area contributed by atoms with E-state index in [9.17, 15) is 5.11 Å². The Balaban J connectivity index is 2.60. The molecule has 0 saturated carbocycles. The van der Waals surface area contributed by atoms with Crippen LogP contribution in [0.15, 0.2) is 42.6 Å². The molecule has 4 heteroatoms. The van der Waals surface area contributed by atoms with Gasteiger partial charge in [0.05, 0.1) is 0 Å². The zero-order chi connectivity index (χ0) is 13.2. The van der Waals surface area contributed by atoms with E-state index < -0.39 is 5.60 Å². The van der Waals surface area contributed by atoms with E-state index in [1.807, 2.05) is 43.3 Å². The monoisotopic (exact) mass is 243 g/mol. The highest BCUT2D eigenvalue weighted by atomic mass is 16.3. The molecule has 1 atom stereocenters. The molecule has 94 valence electrons. The van der Waals surface area contributed by atoms with Crippen LogP contribution in [0.1, 0.15) is 16.7 Å². The molecule has 2 aromatic rings. The lowest BCUT2D eigenvalue weighted by atomic mass is 9.86. The Morgan fingerprint density at radius 2 is 1.94 bits per heavy atom. The number of aromatic nitrogens is 1. The van der Waals surface area contributed by atoms with E-state index >= 15 is 0 Å². The number of pyridine rings is 1. The third-order valence-electron chi connectivity index (χ3n) is 3.05. The number of nitrogen functional groups attached to an aromatic ring is 1. The van der Waals surface area contributed by atoms with Crippen molar-refractivity contribution in [3.05, 3.63) is 59.3 Å². The molecule has 0 spiro atoms. The fourth-order valence-corrected chi connectivity index (χ4v) is 2.01. The van der Waals surface area contributed by atoms with E-state index in [-0.39, 0.29) is 6.54 Å². The first-order valence-electron chi connectivity index (χ1n) is 5.78. The van der Waals surface area contributed by atoms with E-state index in [0.29, 0.717) is 16.9 Å². The average Bonchev–Trinajstić information content (AvgIpc) is 2.41. The summed E-state index contributed by atoms with van der Waals surface area (Å²) >= 11 is 0. The van der Waals surface area contributed by atoms with Crippen LogP contribution in [0.3, 0.4) is 0 Å². The van der Waals surface area contributed by atoms with Gasteiger partial charge in [-0.15, -0.1) is 0 Å². The van der Waals surface area contributed by atoms with Crippen molar-refractivity contribution in [1.82, 2.24) is 4.98 Å². The quantitative estimate of drug-likeness (QED) is 0.755. The Morgan fingerprint density at radius 3 is 2.56 bits per heavy atom. The Bertz CT molecular complexity index is 542. The van der Waals surface area contributed by atoms with Gasteiger partial charge in [-0.3, -0.25) is 0 Å². The lowest BCUT2D eigenvalue weighted by molar-refractivity contribution is 0.0906. The van der Waals surface area contributed by atoms with Gasteiger partial charge < -0.3 is 16.6 Å². The molecule has 1 unspecified atom stereocenters. The van der Waals surface area contributed by atoms with E-state index in [1.54, 1.807) is 6.20 Å². The summed E-state index contributed by atoms with van der Waals surface area (Å²) in [4.78, 5) is 4.08. The first-order valence-corrected chi connectivity index (χ1v) is 5.78. The van der Waals surface area contributed by atoms with Gasteiger partial charge in [0.25, 0.3) is 0 Å². The van der Waals surface area contributed by atoms with Crippen molar-refractivity contribution in [2.75, 3.05) is 12.3 Å². The van der Waals surface area contributed by atoms with Crippen molar-refractivity contribution in [3.8, 4) is 0 Å². The molecule has 5 N–H and O–H groups in total. The number of aliphatic hydroxyl groups is 1. The fourth-order valence-electron chi connectivity index (χ4n) is 2.01. The summed E-state index contributed by atoms with van der Waals surface area (Å²) in [6, 6.07) is 11.1. The summed E-state index contributed by atoms with van der Waals surface area (Å²) in [5.41, 5.74) is 12.5. The van der Waals surface area contributed by atoms with Crippen molar-refractivity contribution in [2.24, 2.45) is 5.73 Å². The number of rotatable bonds is 3. The number of benzene rings is 1. The largest absolute Gasteiger partial charge is 0.383 e. The van der Waals surface area contributed by atoms with Crippen LogP contribution in [0.25, 0.3) is 0 Å². The van der Waals surface area contributed by atoms with Gasteiger partial charge >= 0.3 is 0 Å². The minimum Gasteiger partial charge on any atom is -0.383 e. The number of aryl methyl sites for hydroxylation is 1. The average molecular weight is 243 g/mol. The first-order chi connectivity index (χ1) is 8.58.